The summed E-state index contributed by atoms with van der Waals surface area (Å²) in [6.07, 6.45) is 0. The summed E-state index contributed by atoms with van der Waals surface area (Å²) in [6.45, 7) is 1.47. The second kappa shape index (κ2) is 5.01. The molecule has 2 N–H and O–H groups in total. The molecule has 0 aliphatic heterocycles. The van der Waals surface area contributed by atoms with Crippen LogP contribution in [-0.2, 0) is 0 Å². The van der Waals surface area contributed by atoms with E-state index in [0.717, 1.165) is 6.07 Å². The normalized spacial score (nSPS) is 12.3. The highest BCUT2D eigenvalue weighted by Gasteiger charge is 2.13. The van der Waals surface area contributed by atoms with Gasteiger partial charge in [-0.05, 0) is 19.1 Å². The minimum atomic E-state index is -0.514. The number of fused-ring (bicyclic) bond motifs is 1. The number of nitrogens with one attached hydrogen (secondary N) is 1. The second-order valence-electron chi connectivity index (χ2n) is 4.03. The predicted octanol–water partition coefficient (Wildman–Crippen LogP) is 0.904. The Morgan fingerprint density at radius 3 is 2.89 bits per heavy atom. The van der Waals surface area contributed by atoms with E-state index in [0.29, 0.717) is 11.0 Å². The van der Waals surface area contributed by atoms with Gasteiger partial charge in [0.1, 0.15) is 5.58 Å². The molecule has 1 aromatic heterocycles. The average Bonchev–Trinajstić information content (AvgIpc) is 2.38. The van der Waals surface area contributed by atoms with Gasteiger partial charge in [0, 0.05) is 12.1 Å². The average molecular weight is 247 g/mol. The number of carbonyl (C=O) groups excluding carboxylic acids is 1. The topological polar surface area (TPSA) is 79.5 Å². The maximum absolute atomic E-state index is 11.8. The molecule has 5 heteroatoms. The van der Waals surface area contributed by atoms with E-state index >= 15 is 0 Å². The van der Waals surface area contributed by atoms with Crippen LogP contribution in [0.5, 0.6) is 0 Å². The zero-order valence-corrected chi connectivity index (χ0v) is 9.84. The van der Waals surface area contributed by atoms with E-state index in [1.54, 1.807) is 31.2 Å². The van der Waals surface area contributed by atoms with Gasteiger partial charge in [0.25, 0.3) is 5.91 Å². The van der Waals surface area contributed by atoms with Crippen LogP contribution in [0.25, 0.3) is 11.0 Å². The number of rotatable bonds is 3. The molecular weight excluding hydrogens is 234 g/mol. The van der Waals surface area contributed by atoms with Crippen molar-refractivity contribution in [2.24, 2.45) is 0 Å². The third kappa shape index (κ3) is 2.41. The first-order valence-corrected chi connectivity index (χ1v) is 5.56. The fourth-order valence-corrected chi connectivity index (χ4v) is 1.56. The summed E-state index contributed by atoms with van der Waals surface area (Å²) in [5.41, 5.74) is 0.102. The van der Waals surface area contributed by atoms with Crippen molar-refractivity contribution >= 4 is 16.9 Å². The van der Waals surface area contributed by atoms with Gasteiger partial charge in [-0.3, -0.25) is 9.59 Å². The van der Waals surface area contributed by atoms with Gasteiger partial charge in [0.15, 0.2) is 11.2 Å². The van der Waals surface area contributed by atoms with Gasteiger partial charge in [-0.25, -0.2) is 0 Å². The Hall–Kier alpha value is -2.14. The van der Waals surface area contributed by atoms with Crippen molar-refractivity contribution in [3.63, 3.8) is 0 Å². The van der Waals surface area contributed by atoms with Gasteiger partial charge in [0.05, 0.1) is 12.0 Å². The van der Waals surface area contributed by atoms with Gasteiger partial charge in [-0.15, -0.1) is 0 Å². The molecule has 0 spiro atoms. The van der Waals surface area contributed by atoms with E-state index in [2.05, 4.69) is 5.32 Å². The van der Waals surface area contributed by atoms with Crippen molar-refractivity contribution in [1.82, 2.24) is 5.32 Å². The monoisotopic (exact) mass is 247 g/mol. The van der Waals surface area contributed by atoms with Crippen LogP contribution in [0, 0.1) is 0 Å². The number of hydrogen-bond donors (Lipinski definition) is 2. The van der Waals surface area contributed by atoms with Crippen LogP contribution in [0.2, 0.25) is 0 Å². The summed E-state index contributed by atoms with van der Waals surface area (Å²) in [5.74, 6) is -0.571. The minimum absolute atomic E-state index is 0.0565. The van der Waals surface area contributed by atoms with E-state index in [1.807, 2.05) is 0 Å². The third-order valence-corrected chi connectivity index (χ3v) is 2.51. The molecule has 2 aromatic rings. The van der Waals surface area contributed by atoms with Crippen molar-refractivity contribution < 1.29 is 14.3 Å². The maximum Gasteiger partial charge on any atom is 0.287 e. The van der Waals surface area contributed by atoms with Crippen LogP contribution in [0.1, 0.15) is 17.5 Å². The zero-order valence-electron chi connectivity index (χ0n) is 9.84. The molecule has 0 aliphatic rings. The fraction of sp³-hybridized carbons (Fsp3) is 0.231. The summed E-state index contributed by atoms with van der Waals surface area (Å²) in [4.78, 5) is 23.5. The van der Waals surface area contributed by atoms with E-state index < -0.39 is 11.9 Å². The van der Waals surface area contributed by atoms with Crippen LogP contribution in [-0.4, -0.2) is 23.7 Å². The second-order valence-corrected chi connectivity index (χ2v) is 4.03. The number of amides is 1. The lowest BCUT2D eigenvalue weighted by molar-refractivity contribution is 0.0895. The first-order chi connectivity index (χ1) is 8.61. The van der Waals surface area contributed by atoms with E-state index in [4.69, 9.17) is 9.52 Å². The molecule has 1 heterocycles. The number of aliphatic hydroxyl groups is 1. The standard InChI is InChI=1S/C13H13NO4/c1-8(7-15)14-13(17)12-6-10(16)9-4-2-3-5-11(9)18-12/h2-6,8,15H,7H2,1H3,(H,14,17)/t8-/m1/s1. The van der Waals surface area contributed by atoms with E-state index in [1.165, 1.54) is 0 Å². The van der Waals surface area contributed by atoms with Crippen molar-refractivity contribution in [1.29, 1.82) is 0 Å². The SMILES string of the molecule is C[C@H](CO)NC(=O)c1cc(=O)c2ccccc2o1. The molecule has 0 saturated carbocycles. The number of benzene rings is 1. The van der Waals surface area contributed by atoms with Crippen LogP contribution in [0.4, 0.5) is 0 Å². The molecule has 0 aliphatic carbocycles. The van der Waals surface area contributed by atoms with Crippen molar-refractivity contribution in [2.45, 2.75) is 13.0 Å². The molecule has 1 atom stereocenters. The summed E-state index contributed by atoms with van der Waals surface area (Å²) >= 11 is 0. The Labute approximate surface area is 103 Å². The fourth-order valence-electron chi connectivity index (χ4n) is 1.56. The van der Waals surface area contributed by atoms with Crippen LogP contribution >= 0.6 is 0 Å². The molecular formula is C13H13NO4. The largest absolute Gasteiger partial charge is 0.451 e. The van der Waals surface area contributed by atoms with Crippen LogP contribution in [0.15, 0.2) is 39.5 Å². The molecule has 5 nitrogen and oxygen atoms in total. The van der Waals surface area contributed by atoms with Crippen molar-refractivity contribution in [3.8, 4) is 0 Å². The number of para-hydroxylation sites is 1. The van der Waals surface area contributed by atoms with Crippen LogP contribution in [0.3, 0.4) is 0 Å². The minimum Gasteiger partial charge on any atom is -0.451 e. The molecule has 0 radical (unpaired) electrons. The molecule has 1 amide bonds. The summed E-state index contributed by atoms with van der Waals surface area (Å²) in [6, 6.07) is 7.48. The maximum atomic E-state index is 11.8. The van der Waals surface area contributed by atoms with Gasteiger partial charge in [0.2, 0.25) is 0 Å². The number of carbonyl (C=O) groups is 1. The molecule has 18 heavy (non-hydrogen) atoms. The van der Waals surface area contributed by atoms with Gasteiger partial charge in [-0.2, -0.15) is 0 Å². The van der Waals surface area contributed by atoms with Gasteiger partial charge < -0.3 is 14.8 Å². The predicted molar refractivity (Wildman–Crippen MR) is 66.5 cm³/mol. The summed E-state index contributed by atoms with van der Waals surface area (Å²) in [7, 11) is 0. The quantitative estimate of drug-likeness (QED) is 0.844. The van der Waals surface area contributed by atoms with E-state index in [9.17, 15) is 9.59 Å². The highest BCUT2D eigenvalue weighted by atomic mass is 16.3. The molecule has 2 rings (SSSR count). The number of aliphatic hydroxyl groups excluding tert-OH is 1. The molecule has 94 valence electrons. The first-order valence-electron chi connectivity index (χ1n) is 5.56. The Morgan fingerprint density at radius 2 is 2.17 bits per heavy atom. The Bertz CT molecular complexity index is 632. The highest BCUT2D eigenvalue weighted by molar-refractivity contribution is 5.93. The number of hydrogen-bond acceptors (Lipinski definition) is 4. The lowest BCUT2D eigenvalue weighted by Crippen LogP contribution is -2.35. The van der Waals surface area contributed by atoms with Crippen LogP contribution < -0.4 is 10.7 Å². The Balaban J connectivity index is 2.41. The molecule has 0 saturated heterocycles. The Kier molecular flexibility index (Phi) is 3.43. The molecule has 0 unspecified atom stereocenters. The summed E-state index contributed by atoms with van der Waals surface area (Å²) < 4.78 is 5.36. The summed E-state index contributed by atoms with van der Waals surface area (Å²) in [5, 5.41) is 11.8. The van der Waals surface area contributed by atoms with Gasteiger partial charge >= 0.3 is 0 Å². The van der Waals surface area contributed by atoms with Crippen molar-refractivity contribution in [3.05, 3.63) is 46.3 Å². The lowest BCUT2D eigenvalue weighted by Gasteiger charge is -2.10. The Morgan fingerprint density at radius 1 is 1.44 bits per heavy atom. The zero-order chi connectivity index (χ0) is 13.1. The van der Waals surface area contributed by atoms with E-state index in [-0.39, 0.29) is 17.8 Å². The molecule has 0 fully saturated rings. The first kappa shape index (κ1) is 12.3. The lowest BCUT2D eigenvalue weighted by atomic mass is 10.2. The molecule has 0 bridgehead atoms. The highest BCUT2D eigenvalue weighted by Crippen LogP contribution is 2.11. The molecule has 1 aromatic carbocycles. The smallest absolute Gasteiger partial charge is 0.287 e. The van der Waals surface area contributed by atoms with Gasteiger partial charge in [-0.1, -0.05) is 12.1 Å². The van der Waals surface area contributed by atoms with Crippen molar-refractivity contribution in [2.75, 3.05) is 6.61 Å². The third-order valence-electron chi connectivity index (χ3n) is 2.51.